The molecule has 3 N–H and O–H groups in total. The number of aliphatic hydroxyl groups is 1. The van der Waals surface area contributed by atoms with Gasteiger partial charge in [-0.25, -0.2) is 0 Å². The molecule has 0 bridgehead atoms. The number of rotatable bonds is 4. The van der Waals surface area contributed by atoms with Crippen molar-refractivity contribution in [1.82, 2.24) is 9.80 Å². The second kappa shape index (κ2) is 5.32. The maximum absolute atomic E-state index is 9.68. The van der Waals surface area contributed by atoms with Gasteiger partial charge in [-0.15, -0.1) is 0 Å². The molecule has 110 valence electrons. The molecule has 0 radical (unpaired) electrons. The fourth-order valence-corrected chi connectivity index (χ4v) is 3.98. The van der Waals surface area contributed by atoms with E-state index in [4.69, 9.17) is 5.73 Å². The highest BCUT2D eigenvalue weighted by atomic mass is 16.3. The highest BCUT2D eigenvalue weighted by Gasteiger charge is 2.44. The minimum atomic E-state index is -0.356. The quantitative estimate of drug-likeness (QED) is 0.785. The summed E-state index contributed by atoms with van der Waals surface area (Å²) in [5.41, 5.74) is 6.10. The Morgan fingerprint density at radius 3 is 2.68 bits per heavy atom. The van der Waals surface area contributed by atoms with Crippen LogP contribution in [0.1, 0.15) is 39.0 Å². The molecule has 3 unspecified atom stereocenters. The maximum Gasteiger partial charge on any atom is 0.0626 e. The molecule has 2 aliphatic heterocycles. The average molecular weight is 267 g/mol. The van der Waals surface area contributed by atoms with Gasteiger partial charge in [0, 0.05) is 31.7 Å². The molecular weight excluding hydrogens is 238 g/mol. The van der Waals surface area contributed by atoms with Crippen LogP contribution in [0.5, 0.6) is 0 Å². The molecule has 0 aromatic rings. The van der Waals surface area contributed by atoms with Crippen LogP contribution in [0.3, 0.4) is 0 Å². The van der Waals surface area contributed by atoms with Gasteiger partial charge in [-0.05, 0) is 45.1 Å². The minimum absolute atomic E-state index is 0.134. The third kappa shape index (κ3) is 2.82. The van der Waals surface area contributed by atoms with Crippen molar-refractivity contribution in [3.63, 3.8) is 0 Å². The van der Waals surface area contributed by atoms with E-state index in [-0.39, 0.29) is 12.1 Å². The summed E-state index contributed by atoms with van der Waals surface area (Å²) in [5, 5.41) is 9.68. The summed E-state index contributed by atoms with van der Waals surface area (Å²) in [4.78, 5) is 5.21. The third-order valence-electron chi connectivity index (χ3n) is 5.50. The van der Waals surface area contributed by atoms with Gasteiger partial charge in [-0.1, -0.05) is 6.42 Å². The van der Waals surface area contributed by atoms with Crippen LogP contribution in [-0.4, -0.2) is 65.3 Å². The van der Waals surface area contributed by atoms with Crippen LogP contribution in [0.4, 0.5) is 0 Å². The van der Waals surface area contributed by atoms with Crippen LogP contribution < -0.4 is 5.73 Å². The predicted octanol–water partition coefficient (Wildman–Crippen LogP) is 0.645. The molecule has 2 saturated heterocycles. The monoisotopic (exact) mass is 267 g/mol. The zero-order chi connectivity index (χ0) is 13.5. The zero-order valence-corrected chi connectivity index (χ0v) is 12.2. The van der Waals surface area contributed by atoms with Crippen LogP contribution in [0, 0.1) is 5.92 Å². The van der Waals surface area contributed by atoms with E-state index in [9.17, 15) is 5.11 Å². The lowest BCUT2D eigenvalue weighted by molar-refractivity contribution is -0.00470. The van der Waals surface area contributed by atoms with E-state index in [1.807, 2.05) is 0 Å². The van der Waals surface area contributed by atoms with Gasteiger partial charge in [-0.3, -0.25) is 9.80 Å². The van der Waals surface area contributed by atoms with Crippen LogP contribution >= 0.6 is 0 Å². The van der Waals surface area contributed by atoms with E-state index in [0.29, 0.717) is 12.0 Å². The summed E-state index contributed by atoms with van der Waals surface area (Å²) in [5.74, 6) is 0.550. The molecule has 1 aliphatic carbocycles. The summed E-state index contributed by atoms with van der Waals surface area (Å²) in [7, 11) is 0. The molecule has 19 heavy (non-hydrogen) atoms. The van der Waals surface area contributed by atoms with E-state index in [0.717, 1.165) is 19.1 Å². The van der Waals surface area contributed by atoms with Crippen molar-refractivity contribution in [2.24, 2.45) is 11.7 Å². The molecule has 4 heteroatoms. The first kappa shape index (κ1) is 13.8. The largest absolute Gasteiger partial charge is 0.394 e. The lowest BCUT2D eigenvalue weighted by atomic mass is 9.91. The average Bonchev–Trinajstić information content (AvgIpc) is 3.24. The van der Waals surface area contributed by atoms with Crippen molar-refractivity contribution < 1.29 is 5.11 Å². The molecule has 0 amide bonds. The molecule has 4 nitrogen and oxygen atoms in total. The SMILES string of the molecule is CC1CN2CCCCC2CN1CC(N)(CO)C1CC1. The number of piperidine rings is 1. The van der Waals surface area contributed by atoms with Crippen molar-refractivity contribution >= 4 is 0 Å². The molecule has 0 aromatic carbocycles. The molecule has 3 fully saturated rings. The van der Waals surface area contributed by atoms with E-state index in [2.05, 4.69) is 16.7 Å². The first-order valence-corrected chi connectivity index (χ1v) is 8.00. The number of nitrogens with zero attached hydrogens (tertiary/aromatic N) is 2. The fourth-order valence-electron chi connectivity index (χ4n) is 3.98. The standard InChI is InChI=1S/C15H29N3O/c1-12-8-17-7-3-2-4-14(17)9-18(12)10-15(16,11-19)13-5-6-13/h12-14,19H,2-11,16H2,1H3. The van der Waals surface area contributed by atoms with Crippen molar-refractivity contribution in [3.05, 3.63) is 0 Å². The summed E-state index contributed by atoms with van der Waals surface area (Å²) in [6.07, 6.45) is 6.48. The molecule has 3 rings (SSSR count). The molecular formula is C15H29N3O. The van der Waals surface area contributed by atoms with E-state index < -0.39 is 0 Å². The first-order valence-electron chi connectivity index (χ1n) is 8.00. The van der Waals surface area contributed by atoms with Crippen molar-refractivity contribution in [3.8, 4) is 0 Å². The molecule has 3 aliphatic rings. The Balaban J connectivity index is 1.63. The van der Waals surface area contributed by atoms with Gasteiger partial charge in [0.05, 0.1) is 12.1 Å². The van der Waals surface area contributed by atoms with Gasteiger partial charge in [0.15, 0.2) is 0 Å². The lowest BCUT2D eigenvalue weighted by Crippen LogP contribution is -2.64. The van der Waals surface area contributed by atoms with Crippen molar-refractivity contribution in [2.45, 2.75) is 56.7 Å². The Labute approximate surface area is 116 Å². The number of hydrogen-bond donors (Lipinski definition) is 2. The van der Waals surface area contributed by atoms with Gasteiger partial charge in [0.1, 0.15) is 0 Å². The second-order valence-corrected chi connectivity index (χ2v) is 7.09. The number of fused-ring (bicyclic) bond motifs is 1. The zero-order valence-electron chi connectivity index (χ0n) is 12.2. The van der Waals surface area contributed by atoms with Crippen LogP contribution in [0.25, 0.3) is 0 Å². The fraction of sp³-hybridized carbons (Fsp3) is 1.00. The van der Waals surface area contributed by atoms with E-state index >= 15 is 0 Å². The summed E-state index contributed by atoms with van der Waals surface area (Å²) >= 11 is 0. The van der Waals surface area contributed by atoms with Crippen molar-refractivity contribution in [1.29, 1.82) is 0 Å². The number of piperazine rings is 1. The first-order chi connectivity index (χ1) is 9.12. The van der Waals surface area contributed by atoms with Gasteiger partial charge >= 0.3 is 0 Å². The van der Waals surface area contributed by atoms with Gasteiger partial charge in [0.2, 0.25) is 0 Å². The Morgan fingerprint density at radius 2 is 2.00 bits per heavy atom. The molecule has 0 aromatic heterocycles. The van der Waals surface area contributed by atoms with Gasteiger partial charge in [0.25, 0.3) is 0 Å². The number of nitrogens with two attached hydrogens (primary N) is 1. The van der Waals surface area contributed by atoms with Gasteiger partial charge in [-0.2, -0.15) is 0 Å². The Bertz CT molecular complexity index is 321. The van der Waals surface area contributed by atoms with Crippen LogP contribution in [-0.2, 0) is 0 Å². The van der Waals surface area contributed by atoms with Crippen LogP contribution in [0.15, 0.2) is 0 Å². The maximum atomic E-state index is 9.68. The lowest BCUT2D eigenvalue weighted by Gasteiger charge is -2.49. The number of aliphatic hydroxyl groups excluding tert-OH is 1. The third-order valence-corrected chi connectivity index (χ3v) is 5.50. The van der Waals surface area contributed by atoms with Crippen LogP contribution in [0.2, 0.25) is 0 Å². The Morgan fingerprint density at radius 1 is 1.21 bits per heavy atom. The molecule has 3 atom stereocenters. The second-order valence-electron chi connectivity index (χ2n) is 7.09. The molecule has 0 spiro atoms. The Hall–Kier alpha value is -0.160. The van der Waals surface area contributed by atoms with Crippen molar-refractivity contribution in [2.75, 3.05) is 32.8 Å². The number of hydrogen-bond acceptors (Lipinski definition) is 4. The smallest absolute Gasteiger partial charge is 0.0626 e. The highest BCUT2D eigenvalue weighted by Crippen LogP contribution is 2.39. The molecule has 2 heterocycles. The summed E-state index contributed by atoms with van der Waals surface area (Å²) in [6.45, 7) is 6.92. The van der Waals surface area contributed by atoms with E-state index in [1.54, 1.807) is 0 Å². The summed E-state index contributed by atoms with van der Waals surface area (Å²) in [6, 6.07) is 1.30. The normalized spacial score (nSPS) is 36.8. The minimum Gasteiger partial charge on any atom is -0.394 e. The molecule has 1 saturated carbocycles. The Kier molecular flexibility index (Phi) is 3.87. The summed E-state index contributed by atoms with van der Waals surface area (Å²) < 4.78 is 0. The topological polar surface area (TPSA) is 52.7 Å². The predicted molar refractivity (Wildman–Crippen MR) is 77.0 cm³/mol. The van der Waals surface area contributed by atoms with E-state index in [1.165, 1.54) is 45.2 Å². The van der Waals surface area contributed by atoms with Gasteiger partial charge < -0.3 is 10.8 Å². The highest BCUT2D eigenvalue weighted by molar-refractivity contribution is 5.02.